The lowest BCUT2D eigenvalue weighted by Gasteiger charge is -2.32. The van der Waals surface area contributed by atoms with E-state index in [1.165, 1.54) is 30.6 Å². The van der Waals surface area contributed by atoms with Gasteiger partial charge in [-0.2, -0.15) is 13.2 Å². The molecule has 1 aliphatic rings. The van der Waals surface area contributed by atoms with Crippen LogP contribution in [0.5, 0.6) is 0 Å². The lowest BCUT2D eigenvalue weighted by Crippen LogP contribution is -2.41. The van der Waals surface area contributed by atoms with Crippen LogP contribution in [0.1, 0.15) is 36.1 Å². The summed E-state index contributed by atoms with van der Waals surface area (Å²) in [6.07, 6.45) is -2.10. The maximum Gasteiger partial charge on any atom is 0.418 e. The third-order valence-electron chi connectivity index (χ3n) is 4.64. The second kappa shape index (κ2) is 8.47. The molecule has 3 rings (SSSR count). The van der Waals surface area contributed by atoms with Gasteiger partial charge in [-0.15, -0.1) is 0 Å². The van der Waals surface area contributed by atoms with Gasteiger partial charge in [-0.1, -0.05) is 30.3 Å². The highest BCUT2D eigenvalue weighted by molar-refractivity contribution is 5.77. The van der Waals surface area contributed by atoms with Gasteiger partial charge in [-0.25, -0.2) is 9.97 Å². The number of halogens is 3. The van der Waals surface area contributed by atoms with Crippen LogP contribution in [0.4, 0.5) is 13.2 Å². The molecule has 0 radical (unpaired) electrons. The molecule has 8 heteroatoms. The van der Waals surface area contributed by atoms with Crippen LogP contribution >= 0.6 is 0 Å². The normalized spacial score (nSPS) is 16.9. The van der Waals surface area contributed by atoms with Crippen LogP contribution < -0.4 is 0 Å². The van der Waals surface area contributed by atoms with Crippen LogP contribution in [0.25, 0.3) is 0 Å². The summed E-state index contributed by atoms with van der Waals surface area (Å²) in [7, 11) is 0. The standard InChI is InChI=1S/C19H20F3N3O2/c20-19(21,22)18(15-4-2-1-3-5-15)27-12-17(26)25-10-7-14(8-11-25)16-6-9-23-13-24-16/h1-6,9,13-14,18H,7-8,10-12H2/t18-/m1/s1. The van der Waals surface area contributed by atoms with Crippen molar-refractivity contribution >= 4 is 5.91 Å². The molecule has 1 saturated heterocycles. The van der Waals surface area contributed by atoms with Crippen molar-refractivity contribution in [3.8, 4) is 0 Å². The summed E-state index contributed by atoms with van der Waals surface area (Å²) >= 11 is 0. The summed E-state index contributed by atoms with van der Waals surface area (Å²) in [6, 6.07) is 9.18. The molecule has 1 aliphatic heterocycles. The number of rotatable bonds is 5. The zero-order valence-electron chi connectivity index (χ0n) is 14.6. The van der Waals surface area contributed by atoms with E-state index < -0.39 is 24.8 Å². The maximum absolute atomic E-state index is 13.3. The highest BCUT2D eigenvalue weighted by Crippen LogP contribution is 2.35. The fourth-order valence-electron chi connectivity index (χ4n) is 3.22. The van der Waals surface area contributed by atoms with Gasteiger partial charge in [0.1, 0.15) is 12.9 Å². The van der Waals surface area contributed by atoms with Crippen LogP contribution in [0, 0.1) is 0 Å². The summed E-state index contributed by atoms with van der Waals surface area (Å²) in [4.78, 5) is 22.0. The molecule has 0 spiro atoms. The Labute approximate surface area is 155 Å². The second-order valence-corrected chi connectivity index (χ2v) is 6.43. The Hall–Kier alpha value is -2.48. The Morgan fingerprint density at radius 3 is 2.48 bits per heavy atom. The largest absolute Gasteiger partial charge is 0.418 e. The summed E-state index contributed by atoms with van der Waals surface area (Å²) < 4.78 is 44.8. The van der Waals surface area contributed by atoms with Crippen molar-refractivity contribution in [2.24, 2.45) is 0 Å². The van der Waals surface area contributed by atoms with Crippen molar-refractivity contribution in [2.75, 3.05) is 19.7 Å². The Bertz CT molecular complexity index is 733. The predicted molar refractivity (Wildman–Crippen MR) is 91.8 cm³/mol. The van der Waals surface area contributed by atoms with Crippen molar-refractivity contribution in [2.45, 2.75) is 31.0 Å². The zero-order valence-corrected chi connectivity index (χ0v) is 14.6. The minimum atomic E-state index is -4.58. The Kier molecular flexibility index (Phi) is 6.05. The molecular formula is C19H20F3N3O2. The molecule has 0 unspecified atom stereocenters. The van der Waals surface area contributed by atoms with Gasteiger partial charge in [0.2, 0.25) is 5.91 Å². The van der Waals surface area contributed by atoms with E-state index in [2.05, 4.69) is 9.97 Å². The molecule has 1 aromatic carbocycles. The second-order valence-electron chi connectivity index (χ2n) is 6.43. The van der Waals surface area contributed by atoms with Gasteiger partial charge in [0, 0.05) is 30.9 Å². The maximum atomic E-state index is 13.3. The highest BCUT2D eigenvalue weighted by atomic mass is 19.4. The summed E-state index contributed by atoms with van der Waals surface area (Å²) in [5.41, 5.74) is 0.912. The number of carbonyl (C=O) groups is 1. The number of benzene rings is 1. The van der Waals surface area contributed by atoms with Gasteiger partial charge in [-0.05, 0) is 24.5 Å². The topological polar surface area (TPSA) is 55.3 Å². The molecule has 144 valence electrons. The average Bonchev–Trinajstić information content (AvgIpc) is 2.68. The molecule has 1 atom stereocenters. The molecule has 5 nitrogen and oxygen atoms in total. The van der Waals surface area contributed by atoms with Gasteiger partial charge in [-0.3, -0.25) is 4.79 Å². The first kappa shape index (κ1) is 19.3. The van der Waals surface area contributed by atoms with Crippen molar-refractivity contribution in [3.05, 3.63) is 60.2 Å². The monoisotopic (exact) mass is 379 g/mol. The number of alkyl halides is 3. The van der Waals surface area contributed by atoms with Gasteiger partial charge in [0.25, 0.3) is 0 Å². The highest BCUT2D eigenvalue weighted by Gasteiger charge is 2.42. The van der Waals surface area contributed by atoms with E-state index in [4.69, 9.17) is 4.74 Å². The zero-order chi connectivity index (χ0) is 19.3. The van der Waals surface area contributed by atoms with Gasteiger partial charge in [0.15, 0.2) is 6.10 Å². The van der Waals surface area contributed by atoms with Crippen LogP contribution in [-0.2, 0) is 9.53 Å². The van der Waals surface area contributed by atoms with Crippen molar-refractivity contribution in [1.82, 2.24) is 14.9 Å². The SMILES string of the molecule is O=C(CO[C@H](c1ccccc1)C(F)(F)F)N1CCC(c2ccncn2)CC1. The molecular weight excluding hydrogens is 359 g/mol. The molecule has 1 aromatic heterocycles. The third kappa shape index (κ3) is 5.03. The number of piperidine rings is 1. The molecule has 27 heavy (non-hydrogen) atoms. The average molecular weight is 379 g/mol. The number of amides is 1. The number of carbonyl (C=O) groups excluding carboxylic acids is 1. The van der Waals surface area contributed by atoms with E-state index in [0.717, 1.165) is 5.69 Å². The third-order valence-corrected chi connectivity index (χ3v) is 4.64. The molecule has 0 saturated carbocycles. The van der Waals surface area contributed by atoms with E-state index >= 15 is 0 Å². The number of aromatic nitrogens is 2. The number of hydrogen-bond donors (Lipinski definition) is 0. The van der Waals surface area contributed by atoms with E-state index in [9.17, 15) is 18.0 Å². The van der Waals surface area contributed by atoms with E-state index in [1.807, 2.05) is 6.07 Å². The quantitative estimate of drug-likeness (QED) is 0.798. The smallest absolute Gasteiger partial charge is 0.354 e. The molecule has 0 N–H and O–H groups in total. The minimum Gasteiger partial charge on any atom is -0.354 e. The molecule has 2 aromatic rings. The number of nitrogens with zero attached hydrogens (tertiary/aromatic N) is 3. The van der Waals surface area contributed by atoms with Crippen LogP contribution in [0.15, 0.2) is 48.9 Å². The molecule has 0 bridgehead atoms. The Morgan fingerprint density at radius 2 is 1.89 bits per heavy atom. The van der Waals surface area contributed by atoms with Crippen LogP contribution in [0.2, 0.25) is 0 Å². The molecule has 1 amide bonds. The van der Waals surface area contributed by atoms with Crippen molar-refractivity contribution in [3.63, 3.8) is 0 Å². The summed E-state index contributed by atoms with van der Waals surface area (Å²) in [6.45, 7) is 0.342. The van der Waals surface area contributed by atoms with Gasteiger partial charge < -0.3 is 9.64 Å². The molecule has 0 aliphatic carbocycles. The number of ether oxygens (including phenoxy) is 1. The summed E-state index contributed by atoms with van der Waals surface area (Å²) in [5, 5.41) is 0. The Balaban J connectivity index is 1.54. The van der Waals surface area contributed by atoms with E-state index in [0.29, 0.717) is 25.9 Å². The minimum absolute atomic E-state index is 0.0136. The lowest BCUT2D eigenvalue weighted by atomic mass is 9.93. The lowest BCUT2D eigenvalue weighted by molar-refractivity contribution is -0.224. The Morgan fingerprint density at radius 1 is 1.19 bits per heavy atom. The predicted octanol–water partition coefficient (Wildman–Crippen LogP) is 3.50. The molecule has 2 heterocycles. The summed E-state index contributed by atoms with van der Waals surface area (Å²) in [5.74, 6) is -0.202. The first-order valence-electron chi connectivity index (χ1n) is 8.72. The van der Waals surface area contributed by atoms with Crippen molar-refractivity contribution in [1.29, 1.82) is 0 Å². The van der Waals surface area contributed by atoms with Gasteiger partial charge in [0.05, 0.1) is 0 Å². The van der Waals surface area contributed by atoms with Crippen LogP contribution in [0.3, 0.4) is 0 Å². The number of likely N-dealkylation sites (tertiary alicyclic amines) is 1. The van der Waals surface area contributed by atoms with Crippen LogP contribution in [-0.4, -0.2) is 46.6 Å². The van der Waals surface area contributed by atoms with Gasteiger partial charge >= 0.3 is 6.18 Å². The van der Waals surface area contributed by atoms with E-state index in [1.54, 1.807) is 17.2 Å². The van der Waals surface area contributed by atoms with Crippen molar-refractivity contribution < 1.29 is 22.7 Å². The fourth-order valence-corrected chi connectivity index (χ4v) is 3.22. The first-order chi connectivity index (χ1) is 12.9. The first-order valence-corrected chi connectivity index (χ1v) is 8.72. The number of hydrogen-bond acceptors (Lipinski definition) is 4. The fraction of sp³-hybridized carbons (Fsp3) is 0.421. The molecule has 1 fully saturated rings. The van der Waals surface area contributed by atoms with E-state index in [-0.39, 0.29) is 11.5 Å².